The molecule has 1 aliphatic heterocycles. The highest BCUT2D eigenvalue weighted by atomic mass is 16.5. The Balaban J connectivity index is 1.64. The highest BCUT2D eigenvalue weighted by Gasteiger charge is 2.24. The standard InChI is InChI=1S/C19H24N4O4/c1-4-23-14-10-13(7-8-17(14)27-12-18(23)24)21-19(25)20-11-15(22(2)3)16-6-5-9-26-16/h5-10,15H,4,11-12H2,1-3H3,(H2,20,21,25)/t15-/m1/s1. The van der Waals surface area contributed by atoms with Gasteiger partial charge in [0, 0.05) is 18.8 Å². The van der Waals surface area contributed by atoms with Crippen molar-refractivity contribution in [2.75, 3.05) is 44.0 Å². The molecule has 0 radical (unpaired) electrons. The number of fused-ring (bicyclic) bond motifs is 1. The zero-order valence-corrected chi connectivity index (χ0v) is 15.7. The maximum atomic E-state index is 12.3. The first-order chi connectivity index (χ1) is 13.0. The van der Waals surface area contributed by atoms with E-state index < -0.39 is 0 Å². The molecule has 0 saturated heterocycles. The van der Waals surface area contributed by atoms with Crippen molar-refractivity contribution in [3.63, 3.8) is 0 Å². The third-order valence-electron chi connectivity index (χ3n) is 4.43. The summed E-state index contributed by atoms with van der Waals surface area (Å²) in [6.07, 6.45) is 1.61. The normalized spacial score (nSPS) is 14.5. The number of furan rings is 1. The number of likely N-dealkylation sites (N-methyl/N-ethyl adjacent to an activating group) is 2. The van der Waals surface area contributed by atoms with Crippen molar-refractivity contribution in [1.29, 1.82) is 0 Å². The number of ether oxygens (including phenoxy) is 1. The van der Waals surface area contributed by atoms with Crippen LogP contribution < -0.4 is 20.3 Å². The van der Waals surface area contributed by atoms with Crippen LogP contribution >= 0.6 is 0 Å². The van der Waals surface area contributed by atoms with E-state index >= 15 is 0 Å². The van der Waals surface area contributed by atoms with Crippen LogP contribution in [-0.2, 0) is 4.79 Å². The Kier molecular flexibility index (Phi) is 5.66. The summed E-state index contributed by atoms with van der Waals surface area (Å²) in [7, 11) is 3.85. The molecule has 3 rings (SSSR count). The highest BCUT2D eigenvalue weighted by Crippen LogP contribution is 2.34. The fourth-order valence-corrected chi connectivity index (χ4v) is 3.01. The average Bonchev–Trinajstić information content (AvgIpc) is 3.15. The Labute approximate surface area is 158 Å². The summed E-state index contributed by atoms with van der Waals surface area (Å²) >= 11 is 0. The SMILES string of the molecule is CCN1C(=O)COc2ccc(NC(=O)NC[C@H](c3ccco3)N(C)C)cc21. The Hall–Kier alpha value is -3.00. The third-order valence-corrected chi connectivity index (χ3v) is 4.43. The van der Waals surface area contributed by atoms with Gasteiger partial charge >= 0.3 is 6.03 Å². The molecule has 2 heterocycles. The van der Waals surface area contributed by atoms with Gasteiger partial charge in [0.2, 0.25) is 0 Å². The van der Waals surface area contributed by atoms with Gasteiger partial charge < -0.3 is 24.7 Å². The zero-order valence-electron chi connectivity index (χ0n) is 15.7. The molecule has 0 unspecified atom stereocenters. The van der Waals surface area contributed by atoms with Crippen LogP contribution in [0.5, 0.6) is 5.75 Å². The predicted molar refractivity (Wildman–Crippen MR) is 102 cm³/mol. The lowest BCUT2D eigenvalue weighted by atomic mass is 10.2. The van der Waals surface area contributed by atoms with Gasteiger partial charge in [0.05, 0.1) is 18.0 Å². The minimum absolute atomic E-state index is 0.0345. The van der Waals surface area contributed by atoms with Crippen LogP contribution in [0.4, 0.5) is 16.2 Å². The molecule has 0 aliphatic carbocycles. The summed E-state index contributed by atoms with van der Waals surface area (Å²) in [6.45, 7) is 2.86. The van der Waals surface area contributed by atoms with E-state index in [9.17, 15) is 9.59 Å². The van der Waals surface area contributed by atoms with E-state index in [0.29, 0.717) is 30.2 Å². The third kappa shape index (κ3) is 4.22. The second kappa shape index (κ2) is 8.13. The van der Waals surface area contributed by atoms with E-state index in [1.54, 1.807) is 29.4 Å². The van der Waals surface area contributed by atoms with E-state index in [4.69, 9.17) is 9.15 Å². The Morgan fingerprint density at radius 2 is 2.15 bits per heavy atom. The number of carbonyl (C=O) groups is 2. The summed E-state index contributed by atoms with van der Waals surface area (Å²) in [5.74, 6) is 1.31. The Morgan fingerprint density at radius 3 is 2.81 bits per heavy atom. The highest BCUT2D eigenvalue weighted by molar-refractivity contribution is 5.99. The summed E-state index contributed by atoms with van der Waals surface area (Å²) in [5.41, 5.74) is 1.25. The van der Waals surface area contributed by atoms with Gasteiger partial charge in [0.15, 0.2) is 6.61 Å². The summed E-state index contributed by atoms with van der Waals surface area (Å²) < 4.78 is 10.9. The van der Waals surface area contributed by atoms with Crippen molar-refractivity contribution < 1.29 is 18.7 Å². The van der Waals surface area contributed by atoms with Crippen molar-refractivity contribution in [1.82, 2.24) is 10.2 Å². The number of nitrogens with one attached hydrogen (secondary N) is 2. The van der Waals surface area contributed by atoms with Gasteiger partial charge in [-0.15, -0.1) is 0 Å². The molecule has 0 saturated carbocycles. The first kappa shape index (κ1) is 18.8. The van der Waals surface area contributed by atoms with Crippen LogP contribution in [0.15, 0.2) is 41.0 Å². The molecule has 0 fully saturated rings. The van der Waals surface area contributed by atoms with Gasteiger partial charge in [-0.3, -0.25) is 9.69 Å². The first-order valence-corrected chi connectivity index (χ1v) is 8.81. The van der Waals surface area contributed by atoms with E-state index in [2.05, 4.69) is 10.6 Å². The molecule has 8 nitrogen and oxygen atoms in total. The van der Waals surface area contributed by atoms with Crippen LogP contribution in [0.2, 0.25) is 0 Å². The largest absolute Gasteiger partial charge is 0.482 e. The molecule has 3 amide bonds. The Morgan fingerprint density at radius 1 is 1.33 bits per heavy atom. The molecule has 2 N–H and O–H groups in total. The lowest BCUT2D eigenvalue weighted by Crippen LogP contribution is -2.39. The molecule has 0 bridgehead atoms. The lowest BCUT2D eigenvalue weighted by Gasteiger charge is -2.28. The van der Waals surface area contributed by atoms with Crippen LogP contribution in [-0.4, -0.2) is 50.6 Å². The van der Waals surface area contributed by atoms with Crippen LogP contribution in [0.3, 0.4) is 0 Å². The molecule has 8 heteroatoms. The molecule has 2 aromatic rings. The molecular weight excluding hydrogens is 348 g/mol. The van der Waals surface area contributed by atoms with Crippen molar-refractivity contribution >= 4 is 23.3 Å². The smallest absolute Gasteiger partial charge is 0.319 e. The molecule has 1 aromatic heterocycles. The number of rotatable bonds is 6. The quantitative estimate of drug-likeness (QED) is 0.813. The van der Waals surface area contributed by atoms with E-state index in [1.165, 1.54) is 0 Å². The zero-order chi connectivity index (χ0) is 19.4. The topological polar surface area (TPSA) is 87.0 Å². The maximum Gasteiger partial charge on any atom is 0.319 e. The van der Waals surface area contributed by atoms with Crippen molar-refractivity contribution in [2.24, 2.45) is 0 Å². The second-order valence-electron chi connectivity index (χ2n) is 6.44. The lowest BCUT2D eigenvalue weighted by molar-refractivity contribution is -0.121. The van der Waals surface area contributed by atoms with Crippen molar-refractivity contribution in [3.8, 4) is 5.75 Å². The fraction of sp³-hybridized carbons (Fsp3) is 0.368. The average molecular weight is 372 g/mol. The minimum atomic E-state index is -0.334. The van der Waals surface area contributed by atoms with Crippen molar-refractivity contribution in [2.45, 2.75) is 13.0 Å². The van der Waals surface area contributed by atoms with Crippen LogP contribution in [0.25, 0.3) is 0 Å². The van der Waals surface area contributed by atoms with E-state index in [1.807, 2.05) is 38.1 Å². The minimum Gasteiger partial charge on any atom is -0.482 e. The molecule has 144 valence electrons. The monoisotopic (exact) mass is 372 g/mol. The van der Waals surface area contributed by atoms with Gasteiger partial charge in [0.25, 0.3) is 5.91 Å². The van der Waals surface area contributed by atoms with Gasteiger partial charge in [-0.1, -0.05) is 0 Å². The number of amides is 3. The molecule has 1 aromatic carbocycles. The number of carbonyl (C=O) groups excluding carboxylic acids is 2. The second-order valence-corrected chi connectivity index (χ2v) is 6.44. The van der Waals surface area contributed by atoms with Crippen LogP contribution in [0.1, 0.15) is 18.7 Å². The number of hydrogen-bond acceptors (Lipinski definition) is 5. The first-order valence-electron chi connectivity index (χ1n) is 8.81. The summed E-state index contributed by atoms with van der Waals surface area (Å²) in [5, 5.41) is 5.65. The fourth-order valence-electron chi connectivity index (χ4n) is 3.01. The van der Waals surface area contributed by atoms with Gasteiger partial charge in [0.1, 0.15) is 11.5 Å². The number of hydrogen-bond donors (Lipinski definition) is 2. The molecule has 0 spiro atoms. The Bertz CT molecular complexity index is 804. The number of benzene rings is 1. The van der Waals surface area contributed by atoms with Gasteiger partial charge in [-0.05, 0) is 51.4 Å². The summed E-state index contributed by atoms with van der Waals surface area (Å²) in [4.78, 5) is 27.9. The molecular formula is C19H24N4O4. The number of anilines is 2. The number of nitrogens with zero attached hydrogens (tertiary/aromatic N) is 2. The molecule has 1 aliphatic rings. The number of urea groups is 1. The molecule has 1 atom stereocenters. The van der Waals surface area contributed by atoms with Gasteiger partial charge in [-0.2, -0.15) is 0 Å². The maximum absolute atomic E-state index is 12.3. The van der Waals surface area contributed by atoms with Gasteiger partial charge in [-0.25, -0.2) is 4.79 Å². The van der Waals surface area contributed by atoms with Crippen LogP contribution in [0, 0.1) is 0 Å². The molecule has 27 heavy (non-hydrogen) atoms. The van der Waals surface area contributed by atoms with E-state index in [0.717, 1.165) is 5.76 Å². The summed E-state index contributed by atoms with van der Waals surface area (Å²) in [6, 6.07) is 8.54. The van der Waals surface area contributed by atoms with Crippen molar-refractivity contribution in [3.05, 3.63) is 42.4 Å². The van der Waals surface area contributed by atoms with E-state index in [-0.39, 0.29) is 24.6 Å². The predicted octanol–water partition coefficient (Wildman–Crippen LogP) is 2.45.